The van der Waals surface area contributed by atoms with Crippen molar-refractivity contribution < 1.29 is 9.59 Å². The van der Waals surface area contributed by atoms with Gasteiger partial charge >= 0.3 is 0 Å². The second kappa shape index (κ2) is 9.88. The summed E-state index contributed by atoms with van der Waals surface area (Å²) in [7, 11) is 0. The number of amides is 2. The van der Waals surface area contributed by atoms with Gasteiger partial charge in [-0.2, -0.15) is 0 Å². The van der Waals surface area contributed by atoms with E-state index in [9.17, 15) is 9.59 Å². The summed E-state index contributed by atoms with van der Waals surface area (Å²) in [6.07, 6.45) is 2.09. The topological polar surface area (TPSA) is 78.7 Å². The minimum Gasteiger partial charge on any atom is -0.346 e. The number of nitrogens with one attached hydrogen (secondary N) is 1. The van der Waals surface area contributed by atoms with Gasteiger partial charge in [-0.05, 0) is 37.8 Å². The monoisotopic (exact) mass is 326 g/mol. The lowest BCUT2D eigenvalue weighted by Crippen LogP contribution is -2.49. The van der Waals surface area contributed by atoms with Crippen LogP contribution in [0.4, 0.5) is 0 Å². The smallest absolute Gasteiger partial charge is 0.241 e. The van der Waals surface area contributed by atoms with E-state index in [0.717, 1.165) is 45.6 Å². The maximum Gasteiger partial charge on any atom is 0.241 e. The van der Waals surface area contributed by atoms with Crippen LogP contribution in [-0.4, -0.2) is 66.9 Å². The van der Waals surface area contributed by atoms with Gasteiger partial charge in [0.15, 0.2) is 0 Å². The molecular weight excluding hydrogens is 292 g/mol. The van der Waals surface area contributed by atoms with Gasteiger partial charge in [0.2, 0.25) is 11.8 Å². The molecule has 1 saturated heterocycles. The minimum atomic E-state index is -0.553. The first-order valence-corrected chi connectivity index (χ1v) is 8.92. The normalized spacial score (nSPS) is 17.6. The van der Waals surface area contributed by atoms with Crippen LogP contribution in [0, 0.1) is 11.8 Å². The van der Waals surface area contributed by atoms with Crippen molar-refractivity contribution in [2.75, 3.05) is 39.3 Å². The van der Waals surface area contributed by atoms with Crippen molar-refractivity contribution in [3.63, 3.8) is 0 Å². The largest absolute Gasteiger partial charge is 0.346 e. The van der Waals surface area contributed by atoms with Crippen molar-refractivity contribution in [3.05, 3.63) is 0 Å². The van der Waals surface area contributed by atoms with Crippen LogP contribution in [0.2, 0.25) is 0 Å². The van der Waals surface area contributed by atoms with Gasteiger partial charge in [-0.15, -0.1) is 0 Å². The van der Waals surface area contributed by atoms with Crippen LogP contribution in [0.25, 0.3) is 0 Å². The number of hydrogen-bond donors (Lipinski definition) is 2. The summed E-state index contributed by atoms with van der Waals surface area (Å²) in [4.78, 5) is 28.3. The number of nitrogens with two attached hydrogens (primary N) is 1. The molecule has 23 heavy (non-hydrogen) atoms. The predicted molar refractivity (Wildman–Crippen MR) is 92.9 cm³/mol. The van der Waals surface area contributed by atoms with Gasteiger partial charge in [-0.1, -0.05) is 27.7 Å². The Morgan fingerprint density at radius 3 is 2.26 bits per heavy atom. The van der Waals surface area contributed by atoms with E-state index in [1.165, 1.54) is 0 Å². The third kappa shape index (κ3) is 6.47. The Kier molecular flexibility index (Phi) is 8.55. The number of rotatable bonds is 8. The lowest BCUT2D eigenvalue weighted by atomic mass is 9.96. The number of nitrogens with zero attached hydrogens (tertiary/aromatic N) is 2. The second-order valence-corrected chi connectivity index (χ2v) is 6.80. The second-order valence-electron chi connectivity index (χ2n) is 6.80. The third-order valence-electron chi connectivity index (χ3n) is 4.81. The Bertz CT molecular complexity index is 375. The van der Waals surface area contributed by atoms with Gasteiger partial charge in [0.1, 0.15) is 0 Å². The fraction of sp³-hybridized carbons (Fsp3) is 0.882. The first-order valence-electron chi connectivity index (χ1n) is 8.92. The molecule has 1 fully saturated rings. The summed E-state index contributed by atoms with van der Waals surface area (Å²) < 4.78 is 0. The van der Waals surface area contributed by atoms with Crippen molar-refractivity contribution in [2.45, 2.75) is 46.6 Å². The van der Waals surface area contributed by atoms with Gasteiger partial charge in [0.25, 0.3) is 0 Å². The molecule has 1 rings (SSSR count). The molecule has 0 unspecified atom stereocenters. The SMILES string of the molecule is CCN(CC)CC1CCN(C(=O)CNC(=O)[C@@H](N)C(C)C)CC1. The number of piperidine rings is 1. The van der Waals surface area contributed by atoms with E-state index < -0.39 is 6.04 Å². The third-order valence-corrected chi connectivity index (χ3v) is 4.81. The fourth-order valence-corrected chi connectivity index (χ4v) is 2.91. The highest BCUT2D eigenvalue weighted by Gasteiger charge is 2.24. The molecule has 1 atom stereocenters. The fourth-order valence-electron chi connectivity index (χ4n) is 2.91. The van der Waals surface area contributed by atoms with E-state index in [4.69, 9.17) is 5.73 Å². The summed E-state index contributed by atoms with van der Waals surface area (Å²) in [6.45, 7) is 13.1. The Morgan fingerprint density at radius 1 is 1.22 bits per heavy atom. The van der Waals surface area contributed by atoms with Crippen molar-refractivity contribution in [1.82, 2.24) is 15.1 Å². The van der Waals surface area contributed by atoms with Gasteiger partial charge in [0.05, 0.1) is 12.6 Å². The zero-order chi connectivity index (χ0) is 17.4. The summed E-state index contributed by atoms with van der Waals surface area (Å²) >= 11 is 0. The molecule has 0 aromatic carbocycles. The molecule has 6 nitrogen and oxygen atoms in total. The summed E-state index contributed by atoms with van der Waals surface area (Å²) in [5.41, 5.74) is 5.77. The van der Waals surface area contributed by atoms with Gasteiger partial charge in [-0.3, -0.25) is 9.59 Å². The quantitative estimate of drug-likeness (QED) is 0.687. The molecule has 2 amide bonds. The summed E-state index contributed by atoms with van der Waals surface area (Å²) in [5.74, 6) is 0.490. The molecule has 3 N–H and O–H groups in total. The molecule has 0 spiro atoms. The van der Waals surface area contributed by atoms with Crippen LogP contribution in [0.3, 0.4) is 0 Å². The molecule has 134 valence electrons. The molecule has 0 aromatic heterocycles. The standard InChI is InChI=1S/C17H34N4O2/c1-5-20(6-2)12-14-7-9-21(10-8-14)15(22)11-19-17(23)16(18)13(3)4/h13-14,16H,5-12,18H2,1-4H3,(H,19,23)/t16-/m0/s1. The first kappa shape index (κ1) is 19.9. The van der Waals surface area contributed by atoms with E-state index in [-0.39, 0.29) is 24.3 Å². The molecule has 1 heterocycles. The van der Waals surface area contributed by atoms with Gasteiger partial charge in [0, 0.05) is 19.6 Å². The van der Waals surface area contributed by atoms with E-state index in [2.05, 4.69) is 24.1 Å². The van der Waals surface area contributed by atoms with Crippen molar-refractivity contribution >= 4 is 11.8 Å². The van der Waals surface area contributed by atoms with E-state index in [1.54, 1.807) is 0 Å². The average Bonchev–Trinajstić information content (AvgIpc) is 2.56. The molecule has 0 radical (unpaired) electrons. The van der Waals surface area contributed by atoms with Crippen molar-refractivity contribution in [1.29, 1.82) is 0 Å². The summed E-state index contributed by atoms with van der Waals surface area (Å²) in [5, 5.41) is 2.66. The van der Waals surface area contributed by atoms with E-state index in [0.29, 0.717) is 5.92 Å². The molecule has 6 heteroatoms. The molecular formula is C17H34N4O2. The van der Waals surface area contributed by atoms with Crippen LogP contribution < -0.4 is 11.1 Å². The highest BCUT2D eigenvalue weighted by Crippen LogP contribution is 2.18. The van der Waals surface area contributed by atoms with Crippen LogP contribution in [0.15, 0.2) is 0 Å². The lowest BCUT2D eigenvalue weighted by Gasteiger charge is -2.34. The van der Waals surface area contributed by atoms with Crippen LogP contribution in [0.5, 0.6) is 0 Å². The van der Waals surface area contributed by atoms with Crippen molar-refractivity contribution in [3.8, 4) is 0 Å². The van der Waals surface area contributed by atoms with Gasteiger partial charge in [-0.25, -0.2) is 0 Å². The molecule has 0 aliphatic carbocycles. The number of carbonyl (C=O) groups excluding carboxylic acids is 2. The van der Waals surface area contributed by atoms with Crippen LogP contribution >= 0.6 is 0 Å². The maximum absolute atomic E-state index is 12.2. The number of likely N-dealkylation sites (tertiary alicyclic amines) is 1. The van der Waals surface area contributed by atoms with Gasteiger partial charge < -0.3 is 20.9 Å². The van der Waals surface area contributed by atoms with E-state index >= 15 is 0 Å². The lowest BCUT2D eigenvalue weighted by molar-refractivity contribution is -0.134. The predicted octanol–water partition coefficient (Wildman–Crippen LogP) is 0.666. The van der Waals surface area contributed by atoms with Crippen LogP contribution in [0.1, 0.15) is 40.5 Å². The van der Waals surface area contributed by atoms with Crippen molar-refractivity contribution in [2.24, 2.45) is 17.6 Å². The number of hydrogen-bond acceptors (Lipinski definition) is 4. The Balaban J connectivity index is 2.31. The first-order chi connectivity index (χ1) is 10.9. The summed E-state index contributed by atoms with van der Waals surface area (Å²) in [6, 6.07) is -0.553. The maximum atomic E-state index is 12.2. The Hall–Kier alpha value is -1.14. The Labute approximate surface area is 140 Å². The van der Waals surface area contributed by atoms with Crippen LogP contribution in [-0.2, 0) is 9.59 Å². The zero-order valence-electron chi connectivity index (χ0n) is 15.2. The Morgan fingerprint density at radius 2 is 1.78 bits per heavy atom. The average molecular weight is 326 g/mol. The molecule has 0 bridgehead atoms. The molecule has 0 aromatic rings. The highest BCUT2D eigenvalue weighted by molar-refractivity contribution is 5.87. The minimum absolute atomic E-state index is 0.00408. The highest BCUT2D eigenvalue weighted by atomic mass is 16.2. The zero-order valence-corrected chi connectivity index (χ0v) is 15.2. The molecule has 0 saturated carbocycles. The molecule has 1 aliphatic rings. The number of carbonyl (C=O) groups is 2. The van der Waals surface area contributed by atoms with E-state index in [1.807, 2.05) is 18.7 Å². The molecule has 1 aliphatic heterocycles.